The van der Waals surface area contributed by atoms with E-state index in [1.165, 1.54) is 0 Å². The number of nitrogens with zero attached hydrogens (tertiary/aromatic N) is 1. The molecule has 2 aromatic rings. The van der Waals surface area contributed by atoms with Gasteiger partial charge in [-0.3, -0.25) is 4.79 Å². The monoisotopic (exact) mass is 316 g/mol. The molecular weight excluding hydrogens is 296 g/mol. The van der Waals surface area contributed by atoms with Crippen LogP contribution in [0.15, 0.2) is 28.7 Å². The number of hydrogen-bond donors (Lipinski definition) is 2. The highest BCUT2D eigenvalue weighted by atomic mass is 16.4. The first-order valence-electron chi connectivity index (χ1n) is 7.41. The van der Waals surface area contributed by atoms with Crippen molar-refractivity contribution >= 4 is 34.1 Å². The number of furan rings is 1. The van der Waals surface area contributed by atoms with Crippen LogP contribution in [0.4, 0.5) is 5.69 Å². The number of rotatable bonds is 5. The normalized spacial score (nSPS) is 11.7. The van der Waals surface area contributed by atoms with Gasteiger partial charge in [-0.25, -0.2) is 4.79 Å². The molecule has 1 aromatic carbocycles. The van der Waals surface area contributed by atoms with E-state index in [0.717, 1.165) is 11.1 Å². The van der Waals surface area contributed by atoms with Crippen LogP contribution in [-0.2, 0) is 4.79 Å². The fraction of sp³-hybridized carbons (Fsp3) is 0.294. The number of allylic oxidation sites excluding steroid dienone is 1. The minimum Gasteiger partial charge on any atom is -0.475 e. The first kappa shape index (κ1) is 16.6. The van der Waals surface area contributed by atoms with Crippen molar-refractivity contribution in [1.29, 1.82) is 0 Å². The van der Waals surface area contributed by atoms with Gasteiger partial charge >= 0.3 is 5.97 Å². The number of benzene rings is 1. The predicted molar refractivity (Wildman–Crippen MR) is 89.2 cm³/mol. The summed E-state index contributed by atoms with van der Waals surface area (Å²) in [6.45, 7) is 6.98. The fourth-order valence-corrected chi connectivity index (χ4v) is 2.42. The highest BCUT2D eigenvalue weighted by molar-refractivity contribution is 6.04. The summed E-state index contributed by atoms with van der Waals surface area (Å²) >= 11 is 0. The second-order valence-electron chi connectivity index (χ2n) is 5.20. The summed E-state index contributed by atoms with van der Waals surface area (Å²) in [5, 5.41) is 9.57. The lowest BCUT2D eigenvalue weighted by molar-refractivity contribution is -0.125. The molecule has 0 saturated heterocycles. The molecule has 3 N–H and O–H groups in total. The van der Waals surface area contributed by atoms with Crippen LogP contribution < -0.4 is 5.73 Å². The van der Waals surface area contributed by atoms with Gasteiger partial charge in [-0.15, -0.1) is 0 Å². The van der Waals surface area contributed by atoms with E-state index in [2.05, 4.69) is 0 Å². The van der Waals surface area contributed by atoms with Crippen molar-refractivity contribution in [2.75, 3.05) is 18.8 Å². The Bertz CT molecular complexity index is 785. The average Bonchev–Trinajstić information content (AvgIpc) is 2.85. The lowest BCUT2D eigenvalue weighted by atomic mass is 10.0. The molecule has 0 aliphatic rings. The molecule has 0 saturated carbocycles. The summed E-state index contributed by atoms with van der Waals surface area (Å²) in [7, 11) is 0. The molecule has 6 heteroatoms. The smallest absolute Gasteiger partial charge is 0.374 e. The molecule has 2 rings (SSSR count). The van der Waals surface area contributed by atoms with E-state index in [9.17, 15) is 9.59 Å². The van der Waals surface area contributed by atoms with Crippen LogP contribution in [-0.4, -0.2) is 35.0 Å². The summed E-state index contributed by atoms with van der Waals surface area (Å²) < 4.78 is 5.23. The van der Waals surface area contributed by atoms with Crippen LogP contribution in [0.2, 0.25) is 0 Å². The number of carboxylic acid groups (broad SMARTS) is 1. The SMILES string of the molecule is CCN(CC)C(=O)/C=C(/C)c1ccc2oc(C(=O)O)c(N)c2c1. The third-order valence-corrected chi connectivity index (χ3v) is 3.79. The van der Waals surface area contributed by atoms with Gasteiger partial charge < -0.3 is 20.2 Å². The Hall–Kier alpha value is -2.76. The molecule has 0 atom stereocenters. The third-order valence-electron chi connectivity index (χ3n) is 3.79. The standard InChI is InChI=1S/C17H20N2O4/c1-4-19(5-2)14(20)8-10(3)11-6-7-13-12(9-11)15(18)16(23-13)17(21)22/h6-9H,4-5,18H2,1-3H3,(H,21,22)/b10-8-. The van der Waals surface area contributed by atoms with Crippen molar-refractivity contribution in [3.05, 3.63) is 35.6 Å². The topological polar surface area (TPSA) is 96.8 Å². The zero-order valence-corrected chi connectivity index (χ0v) is 13.4. The second-order valence-corrected chi connectivity index (χ2v) is 5.20. The van der Waals surface area contributed by atoms with Crippen LogP contribution in [0.1, 0.15) is 36.9 Å². The number of carboxylic acids is 1. The summed E-state index contributed by atoms with van der Waals surface area (Å²) in [6, 6.07) is 5.17. The lowest BCUT2D eigenvalue weighted by Gasteiger charge is -2.16. The van der Waals surface area contributed by atoms with Gasteiger partial charge in [0.15, 0.2) is 0 Å². The molecular formula is C17H20N2O4. The van der Waals surface area contributed by atoms with Crippen LogP contribution in [0.3, 0.4) is 0 Å². The molecule has 0 unspecified atom stereocenters. The van der Waals surface area contributed by atoms with E-state index < -0.39 is 5.97 Å². The molecule has 0 aliphatic heterocycles. The Labute approximate surface area is 134 Å². The molecule has 0 fully saturated rings. The van der Waals surface area contributed by atoms with Gasteiger partial charge in [0.2, 0.25) is 11.7 Å². The van der Waals surface area contributed by atoms with Crippen molar-refractivity contribution < 1.29 is 19.1 Å². The number of fused-ring (bicyclic) bond motifs is 1. The van der Waals surface area contributed by atoms with Crippen molar-refractivity contribution in [2.45, 2.75) is 20.8 Å². The maximum Gasteiger partial charge on any atom is 0.374 e. The maximum atomic E-state index is 12.1. The largest absolute Gasteiger partial charge is 0.475 e. The number of hydrogen-bond acceptors (Lipinski definition) is 4. The van der Waals surface area contributed by atoms with Crippen molar-refractivity contribution in [2.24, 2.45) is 0 Å². The van der Waals surface area contributed by atoms with Crippen molar-refractivity contribution in [3.63, 3.8) is 0 Å². The molecule has 1 amide bonds. The molecule has 122 valence electrons. The Morgan fingerprint density at radius 3 is 2.52 bits per heavy atom. The highest BCUT2D eigenvalue weighted by Crippen LogP contribution is 2.30. The summed E-state index contributed by atoms with van der Waals surface area (Å²) in [6.07, 6.45) is 1.57. The van der Waals surface area contributed by atoms with E-state index in [1.807, 2.05) is 20.8 Å². The molecule has 1 heterocycles. The zero-order valence-electron chi connectivity index (χ0n) is 13.4. The average molecular weight is 316 g/mol. The van der Waals surface area contributed by atoms with Crippen LogP contribution in [0.5, 0.6) is 0 Å². The van der Waals surface area contributed by atoms with Gasteiger partial charge in [0.25, 0.3) is 0 Å². The Morgan fingerprint density at radius 1 is 1.30 bits per heavy atom. The number of nitrogens with two attached hydrogens (primary N) is 1. The van der Waals surface area contributed by atoms with Crippen molar-refractivity contribution in [3.8, 4) is 0 Å². The minimum atomic E-state index is -1.20. The molecule has 0 radical (unpaired) electrons. The lowest BCUT2D eigenvalue weighted by Crippen LogP contribution is -2.28. The number of likely N-dealkylation sites (N-methyl/N-ethyl adjacent to an activating group) is 1. The molecule has 6 nitrogen and oxygen atoms in total. The van der Waals surface area contributed by atoms with Gasteiger partial charge in [0, 0.05) is 24.6 Å². The zero-order chi connectivity index (χ0) is 17.1. The van der Waals surface area contributed by atoms with Crippen LogP contribution in [0.25, 0.3) is 16.5 Å². The van der Waals surface area contributed by atoms with Gasteiger partial charge in [0.05, 0.1) is 5.69 Å². The summed E-state index contributed by atoms with van der Waals surface area (Å²) in [5.41, 5.74) is 7.91. The molecule has 1 aromatic heterocycles. The number of nitrogen functional groups attached to an aromatic ring is 1. The van der Waals surface area contributed by atoms with E-state index in [1.54, 1.807) is 29.2 Å². The summed E-state index contributed by atoms with van der Waals surface area (Å²) in [5.74, 6) is -1.53. The minimum absolute atomic E-state index is 0.0565. The first-order valence-corrected chi connectivity index (χ1v) is 7.41. The van der Waals surface area contributed by atoms with E-state index in [4.69, 9.17) is 15.3 Å². The Kier molecular flexibility index (Phi) is 4.74. The highest BCUT2D eigenvalue weighted by Gasteiger charge is 2.18. The number of carbonyl (C=O) groups is 2. The quantitative estimate of drug-likeness (QED) is 0.827. The number of anilines is 1. The van der Waals surface area contributed by atoms with Crippen molar-refractivity contribution in [1.82, 2.24) is 4.90 Å². The number of aromatic carboxylic acids is 1. The van der Waals surface area contributed by atoms with Gasteiger partial charge in [-0.2, -0.15) is 0 Å². The Morgan fingerprint density at radius 2 is 1.96 bits per heavy atom. The fourth-order valence-electron chi connectivity index (χ4n) is 2.42. The maximum absolute atomic E-state index is 12.1. The number of amides is 1. The molecule has 0 aliphatic carbocycles. The van der Waals surface area contributed by atoms with E-state index >= 15 is 0 Å². The Balaban J connectivity index is 2.42. The third kappa shape index (κ3) is 3.21. The molecule has 23 heavy (non-hydrogen) atoms. The van der Waals surface area contributed by atoms with Crippen LogP contribution >= 0.6 is 0 Å². The van der Waals surface area contributed by atoms with Gasteiger partial charge in [-0.05, 0) is 44.0 Å². The van der Waals surface area contributed by atoms with Gasteiger partial charge in [-0.1, -0.05) is 6.07 Å². The first-order chi connectivity index (χ1) is 10.9. The van der Waals surface area contributed by atoms with Crippen LogP contribution in [0, 0.1) is 0 Å². The number of carbonyl (C=O) groups excluding carboxylic acids is 1. The van der Waals surface area contributed by atoms with Gasteiger partial charge in [0.1, 0.15) is 5.58 Å². The van der Waals surface area contributed by atoms with E-state index in [0.29, 0.717) is 24.1 Å². The molecule has 0 spiro atoms. The van der Waals surface area contributed by atoms with E-state index in [-0.39, 0.29) is 17.4 Å². The second kappa shape index (κ2) is 6.56. The predicted octanol–water partition coefficient (Wildman–Crippen LogP) is 2.98. The summed E-state index contributed by atoms with van der Waals surface area (Å²) in [4.78, 5) is 24.9. The molecule has 0 bridgehead atoms.